The van der Waals surface area contributed by atoms with Crippen molar-refractivity contribution in [3.63, 3.8) is 0 Å². The number of nitro groups is 1. The van der Waals surface area contributed by atoms with Crippen molar-refractivity contribution in [2.45, 2.75) is 26.2 Å². The Hall–Kier alpha value is -0.650. The Bertz CT molecular complexity index is 369. The molecule has 1 aromatic rings. The molecule has 0 saturated heterocycles. The summed E-state index contributed by atoms with van der Waals surface area (Å²) in [6, 6.07) is 4.98. The second-order valence-corrected chi connectivity index (χ2v) is 5.33. The summed E-state index contributed by atoms with van der Waals surface area (Å²) in [6.07, 6.45) is 0. The molecule has 1 rings (SSSR count). The van der Waals surface area contributed by atoms with E-state index in [9.17, 15) is 10.1 Å². The summed E-state index contributed by atoms with van der Waals surface area (Å²) in [5, 5.41) is 10.6. The molecule has 14 heavy (non-hydrogen) atoms. The highest BCUT2D eigenvalue weighted by Crippen LogP contribution is 2.30. The molecule has 0 radical (unpaired) electrons. The first-order valence-corrected chi connectivity index (χ1v) is 5.34. The molecule has 3 nitrogen and oxygen atoms in total. The molecule has 4 heteroatoms. The standard InChI is InChI=1S/C10H12INO2/c1-10(2,3)8-6-7(12(13)14)4-5-9(8)11/h4-6H,1-3H3. The Morgan fingerprint density at radius 1 is 1.36 bits per heavy atom. The van der Waals surface area contributed by atoms with Gasteiger partial charge in [0.25, 0.3) is 5.69 Å². The number of nitro benzene ring substituents is 1. The summed E-state index contributed by atoms with van der Waals surface area (Å²) < 4.78 is 1.07. The van der Waals surface area contributed by atoms with Crippen LogP contribution in [0.4, 0.5) is 5.69 Å². The summed E-state index contributed by atoms with van der Waals surface area (Å²) in [5.74, 6) is 0. The highest BCUT2D eigenvalue weighted by Gasteiger charge is 2.19. The molecule has 0 N–H and O–H groups in total. The zero-order valence-electron chi connectivity index (χ0n) is 8.37. The maximum atomic E-state index is 10.6. The SMILES string of the molecule is CC(C)(C)c1cc([N+](=O)[O-])ccc1I. The van der Waals surface area contributed by atoms with Crippen LogP contribution in [0.5, 0.6) is 0 Å². The van der Waals surface area contributed by atoms with E-state index in [2.05, 4.69) is 22.6 Å². The molecule has 0 heterocycles. The Kier molecular flexibility index (Phi) is 3.14. The number of non-ortho nitro benzene ring substituents is 1. The fourth-order valence-corrected chi connectivity index (χ4v) is 2.35. The van der Waals surface area contributed by atoms with Crippen molar-refractivity contribution in [3.8, 4) is 0 Å². The van der Waals surface area contributed by atoms with Gasteiger partial charge in [0.2, 0.25) is 0 Å². The summed E-state index contributed by atoms with van der Waals surface area (Å²) in [5.41, 5.74) is 1.13. The highest BCUT2D eigenvalue weighted by atomic mass is 127. The Morgan fingerprint density at radius 3 is 2.36 bits per heavy atom. The van der Waals surface area contributed by atoms with Crippen molar-refractivity contribution in [2.75, 3.05) is 0 Å². The second kappa shape index (κ2) is 3.84. The molecule has 0 bridgehead atoms. The third-order valence-electron chi connectivity index (χ3n) is 1.97. The third kappa shape index (κ3) is 2.43. The van der Waals surface area contributed by atoms with Gasteiger partial charge in [-0.05, 0) is 39.6 Å². The van der Waals surface area contributed by atoms with Crippen LogP contribution < -0.4 is 0 Å². The number of halogens is 1. The van der Waals surface area contributed by atoms with Gasteiger partial charge in [0.15, 0.2) is 0 Å². The van der Waals surface area contributed by atoms with Gasteiger partial charge in [-0.3, -0.25) is 10.1 Å². The largest absolute Gasteiger partial charge is 0.269 e. The van der Waals surface area contributed by atoms with E-state index in [4.69, 9.17) is 0 Å². The molecule has 0 aromatic heterocycles. The molecule has 76 valence electrons. The lowest BCUT2D eigenvalue weighted by Gasteiger charge is -2.20. The summed E-state index contributed by atoms with van der Waals surface area (Å²) in [6.45, 7) is 6.15. The highest BCUT2D eigenvalue weighted by molar-refractivity contribution is 14.1. The fourth-order valence-electron chi connectivity index (χ4n) is 1.20. The normalized spacial score (nSPS) is 11.4. The van der Waals surface area contributed by atoms with Gasteiger partial charge in [0.1, 0.15) is 0 Å². The second-order valence-electron chi connectivity index (χ2n) is 4.17. The molecular weight excluding hydrogens is 293 g/mol. The van der Waals surface area contributed by atoms with Crippen LogP contribution in [0.1, 0.15) is 26.3 Å². The number of hydrogen-bond donors (Lipinski definition) is 0. The van der Waals surface area contributed by atoms with Gasteiger partial charge in [-0.15, -0.1) is 0 Å². The first kappa shape index (κ1) is 11.4. The van der Waals surface area contributed by atoms with Crippen LogP contribution in [-0.4, -0.2) is 4.92 Å². The van der Waals surface area contributed by atoms with E-state index in [0.717, 1.165) is 9.13 Å². The zero-order chi connectivity index (χ0) is 10.9. The van der Waals surface area contributed by atoms with Crippen molar-refractivity contribution < 1.29 is 4.92 Å². The molecule has 0 spiro atoms. The lowest BCUT2D eigenvalue weighted by Crippen LogP contribution is -2.13. The minimum absolute atomic E-state index is 0.0530. The van der Waals surface area contributed by atoms with Gasteiger partial charge < -0.3 is 0 Å². The molecule has 0 saturated carbocycles. The van der Waals surface area contributed by atoms with Gasteiger partial charge in [-0.25, -0.2) is 0 Å². The van der Waals surface area contributed by atoms with Crippen LogP contribution in [0.3, 0.4) is 0 Å². The van der Waals surface area contributed by atoms with E-state index in [-0.39, 0.29) is 16.0 Å². The average molecular weight is 305 g/mol. The van der Waals surface area contributed by atoms with Gasteiger partial charge in [0.05, 0.1) is 4.92 Å². The van der Waals surface area contributed by atoms with E-state index in [1.807, 2.05) is 20.8 Å². The maximum Gasteiger partial charge on any atom is 0.269 e. The lowest BCUT2D eigenvalue weighted by molar-refractivity contribution is -0.385. The number of rotatable bonds is 1. The van der Waals surface area contributed by atoms with Gasteiger partial charge in [-0.1, -0.05) is 20.8 Å². The molecule has 0 fully saturated rings. The molecule has 0 unspecified atom stereocenters. The number of benzene rings is 1. The van der Waals surface area contributed by atoms with E-state index >= 15 is 0 Å². The molecule has 0 aliphatic carbocycles. The topological polar surface area (TPSA) is 43.1 Å². The molecule has 0 aliphatic rings. The quantitative estimate of drug-likeness (QED) is 0.453. The number of hydrogen-bond acceptors (Lipinski definition) is 2. The molecule has 1 aromatic carbocycles. The van der Waals surface area contributed by atoms with E-state index in [1.165, 1.54) is 6.07 Å². The zero-order valence-corrected chi connectivity index (χ0v) is 10.5. The first-order chi connectivity index (χ1) is 6.32. The minimum Gasteiger partial charge on any atom is -0.258 e. The maximum absolute atomic E-state index is 10.6. The Balaban J connectivity index is 3.29. The van der Waals surface area contributed by atoms with Crippen molar-refractivity contribution in [2.24, 2.45) is 0 Å². The van der Waals surface area contributed by atoms with Crippen LogP contribution in [0.2, 0.25) is 0 Å². The van der Waals surface area contributed by atoms with E-state index < -0.39 is 0 Å². The Labute approximate surface area is 96.8 Å². The van der Waals surface area contributed by atoms with Crippen LogP contribution in [0.25, 0.3) is 0 Å². The summed E-state index contributed by atoms with van der Waals surface area (Å²) >= 11 is 2.20. The Morgan fingerprint density at radius 2 is 1.93 bits per heavy atom. The van der Waals surface area contributed by atoms with Crippen LogP contribution in [-0.2, 0) is 5.41 Å². The fraction of sp³-hybridized carbons (Fsp3) is 0.400. The average Bonchev–Trinajstić information content (AvgIpc) is 2.02. The summed E-state index contributed by atoms with van der Waals surface area (Å²) in [4.78, 5) is 10.2. The minimum atomic E-state index is -0.356. The van der Waals surface area contributed by atoms with Crippen molar-refractivity contribution in [1.29, 1.82) is 0 Å². The predicted octanol–water partition coefficient (Wildman–Crippen LogP) is 3.50. The first-order valence-electron chi connectivity index (χ1n) is 4.27. The van der Waals surface area contributed by atoms with Crippen LogP contribution in [0, 0.1) is 13.7 Å². The number of nitrogens with zero attached hydrogens (tertiary/aromatic N) is 1. The van der Waals surface area contributed by atoms with E-state index in [1.54, 1.807) is 12.1 Å². The smallest absolute Gasteiger partial charge is 0.258 e. The third-order valence-corrected chi connectivity index (χ3v) is 2.91. The monoisotopic (exact) mass is 305 g/mol. The van der Waals surface area contributed by atoms with Crippen molar-refractivity contribution in [1.82, 2.24) is 0 Å². The molecule has 0 atom stereocenters. The van der Waals surface area contributed by atoms with Crippen LogP contribution in [0.15, 0.2) is 18.2 Å². The molecule has 0 amide bonds. The summed E-state index contributed by atoms with van der Waals surface area (Å²) in [7, 11) is 0. The van der Waals surface area contributed by atoms with Gasteiger partial charge in [0, 0.05) is 15.7 Å². The van der Waals surface area contributed by atoms with Crippen molar-refractivity contribution in [3.05, 3.63) is 37.4 Å². The van der Waals surface area contributed by atoms with Crippen molar-refractivity contribution >= 4 is 28.3 Å². The van der Waals surface area contributed by atoms with Gasteiger partial charge in [-0.2, -0.15) is 0 Å². The lowest BCUT2D eigenvalue weighted by atomic mass is 9.87. The van der Waals surface area contributed by atoms with E-state index in [0.29, 0.717) is 0 Å². The predicted molar refractivity (Wildman–Crippen MR) is 64.5 cm³/mol. The van der Waals surface area contributed by atoms with Crippen LogP contribution >= 0.6 is 22.6 Å². The molecule has 0 aliphatic heterocycles. The van der Waals surface area contributed by atoms with Gasteiger partial charge >= 0.3 is 0 Å². The molecular formula is C10H12INO2.